The van der Waals surface area contributed by atoms with E-state index in [2.05, 4.69) is 16.7 Å². The first-order chi connectivity index (χ1) is 11.2. The molecule has 1 N–H and O–H groups in total. The first kappa shape index (κ1) is 16.3. The molecule has 23 heavy (non-hydrogen) atoms. The van der Waals surface area contributed by atoms with Crippen LogP contribution in [0.25, 0.3) is 0 Å². The summed E-state index contributed by atoms with van der Waals surface area (Å²) in [5, 5.41) is 9.39. The van der Waals surface area contributed by atoms with Crippen molar-refractivity contribution in [3.63, 3.8) is 0 Å². The number of nitrogens with zero attached hydrogens (tertiary/aromatic N) is 2. The number of aromatic hydroxyl groups is 1. The number of amides is 1. The molecule has 2 heterocycles. The summed E-state index contributed by atoms with van der Waals surface area (Å²) in [4.78, 5) is 17.6. The summed E-state index contributed by atoms with van der Waals surface area (Å²) >= 11 is 0. The summed E-state index contributed by atoms with van der Waals surface area (Å²) in [5.74, 6) is 0.679. The largest absolute Gasteiger partial charge is 0.508 e. The van der Waals surface area contributed by atoms with Crippen molar-refractivity contribution >= 4 is 5.91 Å². The lowest BCUT2D eigenvalue weighted by atomic mass is 9.85. The van der Waals surface area contributed by atoms with Crippen molar-refractivity contribution in [2.24, 2.45) is 0 Å². The number of carbonyl (C=O) groups is 1. The molecule has 3 rings (SSSR count). The second kappa shape index (κ2) is 6.91. The van der Waals surface area contributed by atoms with E-state index in [4.69, 9.17) is 0 Å². The topological polar surface area (TPSA) is 43.8 Å². The van der Waals surface area contributed by atoms with Crippen LogP contribution in [0.4, 0.5) is 0 Å². The molecule has 4 heteroatoms. The van der Waals surface area contributed by atoms with Crippen LogP contribution in [-0.2, 0) is 11.2 Å². The normalized spacial score (nSPS) is 25.4. The number of rotatable bonds is 5. The predicted octanol–water partition coefficient (Wildman–Crippen LogP) is 2.80. The van der Waals surface area contributed by atoms with Gasteiger partial charge in [-0.25, -0.2) is 0 Å². The average molecular weight is 316 g/mol. The molecule has 0 aliphatic carbocycles. The van der Waals surface area contributed by atoms with Gasteiger partial charge < -0.3 is 10.0 Å². The predicted molar refractivity (Wildman–Crippen MR) is 91.5 cm³/mol. The van der Waals surface area contributed by atoms with E-state index in [1.54, 1.807) is 12.1 Å². The SMILES string of the molecule is CCCN1CCCC2(CCCN2CCc2ccc(O)cc2)C1=O. The number of likely N-dealkylation sites (tertiary alicyclic amines) is 2. The number of benzene rings is 1. The molecule has 2 saturated heterocycles. The van der Waals surface area contributed by atoms with Gasteiger partial charge in [-0.2, -0.15) is 0 Å². The highest BCUT2D eigenvalue weighted by Gasteiger charge is 2.50. The molecule has 2 aliphatic heterocycles. The van der Waals surface area contributed by atoms with Crippen LogP contribution in [0.15, 0.2) is 24.3 Å². The fraction of sp³-hybridized carbons (Fsp3) is 0.632. The van der Waals surface area contributed by atoms with Gasteiger partial charge in [-0.05, 0) is 62.8 Å². The van der Waals surface area contributed by atoms with Crippen molar-refractivity contribution in [2.45, 2.75) is 51.0 Å². The molecule has 1 amide bonds. The maximum absolute atomic E-state index is 13.1. The first-order valence-electron chi connectivity index (χ1n) is 8.98. The van der Waals surface area contributed by atoms with E-state index < -0.39 is 0 Å². The Morgan fingerprint density at radius 2 is 1.78 bits per heavy atom. The molecule has 2 fully saturated rings. The summed E-state index contributed by atoms with van der Waals surface area (Å²) in [6, 6.07) is 7.43. The zero-order chi connectivity index (χ0) is 16.3. The Kier molecular flexibility index (Phi) is 4.90. The number of phenols is 1. The van der Waals surface area contributed by atoms with Crippen molar-refractivity contribution in [1.29, 1.82) is 0 Å². The van der Waals surface area contributed by atoms with Crippen molar-refractivity contribution in [1.82, 2.24) is 9.80 Å². The smallest absolute Gasteiger partial charge is 0.243 e. The van der Waals surface area contributed by atoms with Crippen molar-refractivity contribution in [3.8, 4) is 5.75 Å². The Morgan fingerprint density at radius 1 is 1.09 bits per heavy atom. The Hall–Kier alpha value is -1.55. The Labute approximate surface area is 139 Å². The molecule has 0 radical (unpaired) electrons. The van der Waals surface area contributed by atoms with Crippen LogP contribution in [0.1, 0.15) is 44.6 Å². The fourth-order valence-corrected chi connectivity index (χ4v) is 4.26. The van der Waals surface area contributed by atoms with Crippen LogP contribution < -0.4 is 0 Å². The molecular weight excluding hydrogens is 288 g/mol. The molecule has 1 spiro atoms. The van der Waals surface area contributed by atoms with E-state index in [9.17, 15) is 9.90 Å². The van der Waals surface area contributed by atoms with Gasteiger partial charge in [0.05, 0.1) is 0 Å². The van der Waals surface area contributed by atoms with E-state index in [-0.39, 0.29) is 5.54 Å². The summed E-state index contributed by atoms with van der Waals surface area (Å²) < 4.78 is 0. The molecule has 1 atom stereocenters. The third-order valence-corrected chi connectivity index (χ3v) is 5.43. The van der Waals surface area contributed by atoms with Crippen LogP contribution in [0, 0.1) is 0 Å². The number of piperidine rings is 1. The molecular formula is C19H28N2O2. The van der Waals surface area contributed by atoms with Crippen LogP contribution in [0.3, 0.4) is 0 Å². The average Bonchev–Trinajstić information content (AvgIpc) is 2.95. The zero-order valence-corrected chi connectivity index (χ0v) is 14.1. The molecule has 2 aliphatic rings. The Morgan fingerprint density at radius 3 is 2.48 bits per heavy atom. The highest BCUT2D eigenvalue weighted by molar-refractivity contribution is 5.87. The monoisotopic (exact) mass is 316 g/mol. The Bertz CT molecular complexity index is 541. The maximum atomic E-state index is 13.1. The van der Waals surface area contributed by atoms with E-state index in [1.165, 1.54) is 5.56 Å². The molecule has 126 valence electrons. The minimum Gasteiger partial charge on any atom is -0.508 e. The summed E-state index contributed by atoms with van der Waals surface area (Å²) in [7, 11) is 0. The highest BCUT2D eigenvalue weighted by Crippen LogP contribution is 2.38. The van der Waals surface area contributed by atoms with Crippen LogP contribution in [-0.4, -0.2) is 52.5 Å². The van der Waals surface area contributed by atoms with Gasteiger partial charge in [-0.1, -0.05) is 19.1 Å². The van der Waals surface area contributed by atoms with Gasteiger partial charge in [0.1, 0.15) is 11.3 Å². The number of hydrogen-bond acceptors (Lipinski definition) is 3. The molecule has 1 aromatic rings. The quantitative estimate of drug-likeness (QED) is 0.908. The highest BCUT2D eigenvalue weighted by atomic mass is 16.3. The van der Waals surface area contributed by atoms with Gasteiger partial charge in [0, 0.05) is 19.6 Å². The van der Waals surface area contributed by atoms with E-state index in [1.807, 2.05) is 12.1 Å². The lowest BCUT2D eigenvalue weighted by Crippen LogP contribution is -2.60. The molecule has 4 nitrogen and oxygen atoms in total. The van der Waals surface area contributed by atoms with Gasteiger partial charge in [-0.3, -0.25) is 9.69 Å². The number of carbonyl (C=O) groups excluding carboxylic acids is 1. The van der Waals surface area contributed by atoms with Crippen molar-refractivity contribution in [3.05, 3.63) is 29.8 Å². The van der Waals surface area contributed by atoms with Crippen LogP contribution in [0.2, 0.25) is 0 Å². The van der Waals surface area contributed by atoms with Gasteiger partial charge in [-0.15, -0.1) is 0 Å². The van der Waals surface area contributed by atoms with Crippen LogP contribution in [0.5, 0.6) is 5.75 Å². The van der Waals surface area contributed by atoms with E-state index in [0.29, 0.717) is 11.7 Å². The van der Waals surface area contributed by atoms with Gasteiger partial charge in [0.15, 0.2) is 0 Å². The third-order valence-electron chi connectivity index (χ3n) is 5.43. The lowest BCUT2D eigenvalue weighted by Gasteiger charge is -2.44. The Balaban J connectivity index is 1.69. The van der Waals surface area contributed by atoms with Crippen molar-refractivity contribution in [2.75, 3.05) is 26.2 Å². The molecule has 0 saturated carbocycles. The minimum absolute atomic E-state index is 0.232. The minimum atomic E-state index is -0.232. The molecule has 1 unspecified atom stereocenters. The van der Waals surface area contributed by atoms with E-state index >= 15 is 0 Å². The number of hydrogen-bond donors (Lipinski definition) is 1. The van der Waals surface area contributed by atoms with Crippen LogP contribution >= 0.6 is 0 Å². The standard InChI is InChI=1S/C19H28N2O2/c1-2-12-20-13-3-10-19(18(20)23)11-4-14-21(19)15-9-16-5-7-17(22)8-6-16/h5-8,22H,2-4,9-15H2,1H3. The number of phenolic OH excluding ortho intramolecular Hbond substituents is 1. The fourth-order valence-electron chi connectivity index (χ4n) is 4.26. The molecule has 1 aromatic carbocycles. The summed E-state index contributed by atoms with van der Waals surface area (Å²) in [5.41, 5.74) is 0.989. The summed E-state index contributed by atoms with van der Waals surface area (Å²) in [6.45, 7) is 5.93. The molecule has 0 bridgehead atoms. The van der Waals surface area contributed by atoms with Gasteiger partial charge >= 0.3 is 0 Å². The second-order valence-electron chi connectivity index (χ2n) is 6.93. The van der Waals surface area contributed by atoms with Crippen molar-refractivity contribution < 1.29 is 9.90 Å². The van der Waals surface area contributed by atoms with Gasteiger partial charge in [0.25, 0.3) is 0 Å². The molecule has 0 aromatic heterocycles. The maximum Gasteiger partial charge on any atom is 0.243 e. The zero-order valence-electron chi connectivity index (χ0n) is 14.1. The second-order valence-corrected chi connectivity index (χ2v) is 6.93. The first-order valence-corrected chi connectivity index (χ1v) is 8.98. The third kappa shape index (κ3) is 3.23. The summed E-state index contributed by atoms with van der Waals surface area (Å²) in [6.07, 6.45) is 6.25. The van der Waals surface area contributed by atoms with E-state index in [0.717, 1.165) is 64.7 Å². The lowest BCUT2D eigenvalue weighted by molar-refractivity contribution is -0.147. The van der Waals surface area contributed by atoms with Gasteiger partial charge in [0.2, 0.25) is 5.91 Å².